The second-order valence-electron chi connectivity index (χ2n) is 3.00. The molecule has 0 saturated heterocycles. The van der Waals surface area contributed by atoms with Crippen molar-refractivity contribution in [3.8, 4) is 0 Å². The van der Waals surface area contributed by atoms with Crippen molar-refractivity contribution in [3.05, 3.63) is 12.2 Å². The minimum absolute atomic E-state index is 0.491. The molecule has 0 amide bonds. The highest BCUT2D eigenvalue weighted by molar-refractivity contribution is 5.02. The summed E-state index contributed by atoms with van der Waals surface area (Å²) >= 11 is 0. The molecule has 0 radical (unpaired) electrons. The minimum Gasteiger partial charge on any atom is -0.313 e. The van der Waals surface area contributed by atoms with Crippen LogP contribution in [0.1, 0.15) is 27.2 Å². The highest BCUT2D eigenvalue weighted by Gasteiger charge is 2.12. The first kappa shape index (κ1) is 9.70. The van der Waals surface area contributed by atoms with Crippen molar-refractivity contribution < 1.29 is 0 Å². The van der Waals surface area contributed by atoms with E-state index in [1.165, 1.54) is 12.0 Å². The molecule has 0 bridgehead atoms. The molecule has 0 aliphatic carbocycles. The maximum absolute atomic E-state index is 3.93. The van der Waals surface area contributed by atoms with Gasteiger partial charge in [-0.3, -0.25) is 0 Å². The van der Waals surface area contributed by atoms with E-state index in [1.807, 2.05) is 7.05 Å². The lowest BCUT2D eigenvalue weighted by Gasteiger charge is -2.22. The zero-order valence-electron chi connectivity index (χ0n) is 7.57. The Kier molecular flexibility index (Phi) is 4.37. The van der Waals surface area contributed by atoms with Crippen molar-refractivity contribution in [2.24, 2.45) is 5.92 Å². The van der Waals surface area contributed by atoms with E-state index >= 15 is 0 Å². The topological polar surface area (TPSA) is 12.0 Å². The lowest BCUT2D eigenvalue weighted by atomic mass is 9.94. The maximum atomic E-state index is 3.93. The smallest absolute Gasteiger partial charge is 0.0297 e. The zero-order chi connectivity index (χ0) is 8.15. The van der Waals surface area contributed by atoms with E-state index in [0.717, 1.165) is 0 Å². The summed E-state index contributed by atoms with van der Waals surface area (Å²) in [5.74, 6) is 0.697. The van der Waals surface area contributed by atoms with Crippen LogP contribution in [0.15, 0.2) is 12.2 Å². The number of nitrogens with one attached hydrogen (secondary N) is 1. The van der Waals surface area contributed by atoms with Gasteiger partial charge in [-0.05, 0) is 19.9 Å². The fourth-order valence-corrected chi connectivity index (χ4v) is 1.25. The van der Waals surface area contributed by atoms with E-state index in [9.17, 15) is 0 Å². The lowest BCUT2D eigenvalue weighted by Crippen LogP contribution is -2.32. The number of hydrogen-bond donors (Lipinski definition) is 1. The lowest BCUT2D eigenvalue weighted by molar-refractivity contribution is 0.433. The van der Waals surface area contributed by atoms with Gasteiger partial charge in [0.15, 0.2) is 0 Å². The van der Waals surface area contributed by atoms with Crippen molar-refractivity contribution in [2.45, 2.75) is 33.2 Å². The first-order valence-electron chi connectivity index (χ1n) is 3.96. The van der Waals surface area contributed by atoms with E-state index in [4.69, 9.17) is 0 Å². The van der Waals surface area contributed by atoms with E-state index < -0.39 is 0 Å². The van der Waals surface area contributed by atoms with Crippen molar-refractivity contribution in [3.63, 3.8) is 0 Å². The van der Waals surface area contributed by atoms with Gasteiger partial charge >= 0.3 is 0 Å². The highest BCUT2D eigenvalue weighted by Crippen LogP contribution is 2.12. The predicted molar refractivity (Wildman–Crippen MR) is 47.1 cm³/mol. The zero-order valence-corrected chi connectivity index (χ0v) is 7.57. The molecule has 0 aliphatic heterocycles. The molecule has 0 aromatic carbocycles. The van der Waals surface area contributed by atoms with Crippen LogP contribution in [0.2, 0.25) is 0 Å². The summed E-state index contributed by atoms with van der Waals surface area (Å²) in [6, 6.07) is 0.491. The van der Waals surface area contributed by atoms with Crippen LogP contribution >= 0.6 is 0 Å². The molecule has 1 nitrogen and oxygen atoms in total. The Morgan fingerprint density at radius 1 is 1.60 bits per heavy atom. The van der Waals surface area contributed by atoms with Crippen LogP contribution in [-0.4, -0.2) is 13.1 Å². The van der Waals surface area contributed by atoms with Gasteiger partial charge < -0.3 is 5.32 Å². The molecule has 60 valence electrons. The number of likely N-dealkylation sites (N-methyl/N-ethyl adjacent to an activating group) is 1. The predicted octanol–water partition coefficient (Wildman–Crippen LogP) is 2.20. The van der Waals surface area contributed by atoms with Crippen LogP contribution in [0, 0.1) is 5.92 Å². The van der Waals surface area contributed by atoms with Gasteiger partial charge in [-0.1, -0.05) is 32.4 Å². The van der Waals surface area contributed by atoms with Gasteiger partial charge in [0.2, 0.25) is 0 Å². The van der Waals surface area contributed by atoms with Crippen LogP contribution in [0.4, 0.5) is 0 Å². The van der Waals surface area contributed by atoms with E-state index in [0.29, 0.717) is 12.0 Å². The van der Waals surface area contributed by atoms with Crippen molar-refractivity contribution in [2.75, 3.05) is 7.05 Å². The van der Waals surface area contributed by atoms with Crippen LogP contribution in [0.3, 0.4) is 0 Å². The third kappa shape index (κ3) is 2.53. The first-order chi connectivity index (χ1) is 4.63. The molecular weight excluding hydrogens is 122 g/mol. The van der Waals surface area contributed by atoms with Crippen LogP contribution in [0.5, 0.6) is 0 Å². The van der Waals surface area contributed by atoms with Gasteiger partial charge in [0.1, 0.15) is 0 Å². The third-order valence-electron chi connectivity index (χ3n) is 2.05. The fourth-order valence-electron chi connectivity index (χ4n) is 1.25. The molecule has 0 saturated carbocycles. The summed E-state index contributed by atoms with van der Waals surface area (Å²) in [7, 11) is 1.99. The molecule has 0 heterocycles. The van der Waals surface area contributed by atoms with Crippen molar-refractivity contribution in [1.82, 2.24) is 5.32 Å². The highest BCUT2D eigenvalue weighted by atomic mass is 14.9. The van der Waals surface area contributed by atoms with Crippen LogP contribution < -0.4 is 5.32 Å². The summed E-state index contributed by atoms with van der Waals surface area (Å²) in [6.45, 7) is 10.5. The summed E-state index contributed by atoms with van der Waals surface area (Å²) < 4.78 is 0. The average molecular weight is 141 g/mol. The molecule has 0 spiro atoms. The van der Waals surface area contributed by atoms with Crippen molar-refractivity contribution >= 4 is 0 Å². The maximum Gasteiger partial charge on any atom is 0.0297 e. The Bertz CT molecular complexity index is 107. The van der Waals surface area contributed by atoms with Gasteiger partial charge in [-0.2, -0.15) is 0 Å². The molecule has 2 unspecified atom stereocenters. The third-order valence-corrected chi connectivity index (χ3v) is 2.05. The van der Waals surface area contributed by atoms with E-state index in [1.54, 1.807) is 0 Å². The molecule has 0 aliphatic rings. The molecular formula is C9H19N. The molecule has 0 aromatic heterocycles. The summed E-state index contributed by atoms with van der Waals surface area (Å²) in [5, 5.41) is 3.25. The normalized spacial score (nSPS) is 16.4. The van der Waals surface area contributed by atoms with E-state index in [-0.39, 0.29) is 0 Å². The largest absolute Gasteiger partial charge is 0.313 e. The Balaban J connectivity index is 3.92. The molecule has 1 N–H and O–H groups in total. The molecule has 10 heavy (non-hydrogen) atoms. The minimum atomic E-state index is 0.491. The summed E-state index contributed by atoms with van der Waals surface area (Å²) in [4.78, 5) is 0. The first-order valence-corrected chi connectivity index (χ1v) is 3.96. The second kappa shape index (κ2) is 4.51. The standard InChI is InChI=1S/C9H19N/c1-6-8(4)9(10-5)7(2)3/h8-10H,2,6H2,1,3-5H3. The summed E-state index contributed by atoms with van der Waals surface area (Å²) in [5.41, 5.74) is 1.23. The molecule has 0 fully saturated rings. The SMILES string of the molecule is C=C(C)C(NC)C(C)CC. The van der Waals surface area contributed by atoms with Gasteiger partial charge in [0, 0.05) is 6.04 Å². The van der Waals surface area contributed by atoms with Gasteiger partial charge in [0.25, 0.3) is 0 Å². The second-order valence-corrected chi connectivity index (χ2v) is 3.00. The Morgan fingerprint density at radius 3 is 2.20 bits per heavy atom. The quantitative estimate of drug-likeness (QED) is 0.592. The molecule has 2 atom stereocenters. The van der Waals surface area contributed by atoms with Gasteiger partial charge in [0.05, 0.1) is 0 Å². The van der Waals surface area contributed by atoms with Crippen molar-refractivity contribution in [1.29, 1.82) is 0 Å². The van der Waals surface area contributed by atoms with E-state index in [2.05, 4.69) is 32.7 Å². The monoisotopic (exact) mass is 141 g/mol. The van der Waals surface area contributed by atoms with Crippen LogP contribution in [-0.2, 0) is 0 Å². The Morgan fingerprint density at radius 2 is 2.10 bits per heavy atom. The average Bonchev–Trinajstić information content (AvgIpc) is 1.88. The number of hydrogen-bond acceptors (Lipinski definition) is 1. The van der Waals surface area contributed by atoms with Crippen LogP contribution in [0.25, 0.3) is 0 Å². The Hall–Kier alpha value is -0.300. The Labute approximate surface area is 64.5 Å². The molecule has 1 heteroatoms. The molecule has 0 rings (SSSR count). The number of rotatable bonds is 4. The van der Waals surface area contributed by atoms with Gasteiger partial charge in [-0.25, -0.2) is 0 Å². The summed E-state index contributed by atoms with van der Waals surface area (Å²) in [6.07, 6.45) is 1.21. The van der Waals surface area contributed by atoms with Gasteiger partial charge in [-0.15, -0.1) is 0 Å². The fraction of sp³-hybridized carbons (Fsp3) is 0.778. The molecule has 0 aromatic rings.